The monoisotopic (exact) mass is 357 g/mol. The molecule has 0 aromatic heterocycles. The molecule has 0 radical (unpaired) electrons. The largest absolute Gasteiger partial charge is 0.496 e. The van der Waals surface area contributed by atoms with E-state index in [0.29, 0.717) is 26.2 Å². The average Bonchev–Trinajstić information content (AvgIpc) is 2.55. The fraction of sp³-hybridized carbons (Fsp3) is 0.500. The summed E-state index contributed by atoms with van der Waals surface area (Å²) in [7, 11) is -1.55. The summed E-state index contributed by atoms with van der Waals surface area (Å²) in [6, 6.07) is 3.81. The molecule has 1 saturated heterocycles. The van der Waals surface area contributed by atoms with Gasteiger partial charge in [-0.25, -0.2) is 8.42 Å². The summed E-state index contributed by atoms with van der Waals surface area (Å²) in [5.41, 5.74) is -0.102. The van der Waals surface area contributed by atoms with Crippen molar-refractivity contribution in [1.82, 2.24) is 10.2 Å². The SMILES string of the molecule is COc1ccc([N+](=O)[O-])cc1C(=O)NCCN1CCS(=O)(=O)CC1. The number of benzene rings is 1. The van der Waals surface area contributed by atoms with Gasteiger partial charge in [-0.2, -0.15) is 0 Å². The van der Waals surface area contributed by atoms with Crippen LogP contribution in [0.1, 0.15) is 10.4 Å². The standard InChI is InChI=1S/C14H19N3O6S/c1-23-13-3-2-11(17(19)20)10-12(13)14(18)15-4-5-16-6-8-24(21,22)9-7-16/h2-3,10H,4-9H2,1H3,(H,15,18). The van der Waals surface area contributed by atoms with E-state index in [1.807, 2.05) is 4.90 Å². The van der Waals surface area contributed by atoms with Gasteiger partial charge in [0, 0.05) is 38.3 Å². The minimum Gasteiger partial charge on any atom is -0.496 e. The third-order valence-corrected chi connectivity index (χ3v) is 5.40. The normalized spacial score (nSPS) is 17.2. The van der Waals surface area contributed by atoms with Gasteiger partial charge < -0.3 is 10.1 Å². The van der Waals surface area contributed by atoms with E-state index in [1.54, 1.807) is 0 Å². The van der Waals surface area contributed by atoms with E-state index < -0.39 is 20.7 Å². The number of ether oxygens (including phenoxy) is 1. The summed E-state index contributed by atoms with van der Waals surface area (Å²) in [5.74, 6) is 0.0293. The molecule has 1 aromatic carbocycles. The maximum atomic E-state index is 12.2. The Labute approximate surface area is 139 Å². The number of hydrogen-bond donors (Lipinski definition) is 1. The maximum absolute atomic E-state index is 12.2. The quantitative estimate of drug-likeness (QED) is 0.565. The Bertz CT molecular complexity index is 720. The molecule has 1 aromatic rings. The van der Waals surface area contributed by atoms with Crippen LogP contribution in [0.3, 0.4) is 0 Å². The molecule has 10 heteroatoms. The Kier molecular flexibility index (Phi) is 5.73. The first kappa shape index (κ1) is 18.1. The first-order chi connectivity index (χ1) is 11.3. The van der Waals surface area contributed by atoms with E-state index in [0.717, 1.165) is 0 Å². The highest BCUT2D eigenvalue weighted by Gasteiger charge is 2.22. The molecule has 2 rings (SSSR count). The molecular formula is C14H19N3O6S. The van der Waals surface area contributed by atoms with Crippen molar-refractivity contribution in [1.29, 1.82) is 0 Å². The van der Waals surface area contributed by atoms with Gasteiger partial charge in [0.2, 0.25) is 0 Å². The third kappa shape index (κ3) is 4.65. The number of nitro groups is 1. The van der Waals surface area contributed by atoms with Crippen LogP contribution in [0.2, 0.25) is 0 Å². The number of sulfone groups is 1. The number of nitrogens with zero attached hydrogens (tertiary/aromatic N) is 2. The van der Waals surface area contributed by atoms with Crippen LogP contribution < -0.4 is 10.1 Å². The highest BCUT2D eigenvalue weighted by atomic mass is 32.2. The fourth-order valence-corrected chi connectivity index (χ4v) is 3.66. The van der Waals surface area contributed by atoms with Crippen molar-refractivity contribution < 1.29 is 22.9 Å². The molecule has 0 spiro atoms. The number of amides is 1. The highest BCUT2D eigenvalue weighted by molar-refractivity contribution is 7.91. The number of hydrogen-bond acceptors (Lipinski definition) is 7. The Morgan fingerprint density at radius 1 is 1.38 bits per heavy atom. The Morgan fingerprint density at radius 3 is 2.62 bits per heavy atom. The summed E-state index contributed by atoms with van der Waals surface area (Å²) in [4.78, 5) is 24.4. The molecule has 24 heavy (non-hydrogen) atoms. The minimum absolute atomic E-state index is 0.0907. The second-order valence-electron chi connectivity index (χ2n) is 5.39. The van der Waals surface area contributed by atoms with Crippen LogP contribution in [0.5, 0.6) is 5.75 Å². The van der Waals surface area contributed by atoms with Gasteiger partial charge in [0.15, 0.2) is 9.84 Å². The van der Waals surface area contributed by atoms with Crippen LogP contribution in [0.25, 0.3) is 0 Å². The van der Waals surface area contributed by atoms with Crippen LogP contribution in [-0.2, 0) is 9.84 Å². The Balaban J connectivity index is 1.93. The summed E-state index contributed by atoms with van der Waals surface area (Å²) >= 11 is 0. The van der Waals surface area contributed by atoms with E-state index >= 15 is 0 Å². The summed E-state index contributed by atoms with van der Waals surface area (Å²) in [6.07, 6.45) is 0. The number of nitro benzene ring substituents is 1. The van der Waals surface area contributed by atoms with Gasteiger partial charge >= 0.3 is 0 Å². The molecule has 132 valence electrons. The van der Waals surface area contributed by atoms with E-state index in [2.05, 4.69) is 5.32 Å². The van der Waals surface area contributed by atoms with Crippen molar-refractivity contribution in [3.05, 3.63) is 33.9 Å². The highest BCUT2D eigenvalue weighted by Crippen LogP contribution is 2.23. The molecule has 0 atom stereocenters. The first-order valence-electron chi connectivity index (χ1n) is 7.36. The van der Waals surface area contributed by atoms with E-state index in [-0.39, 0.29) is 28.5 Å². The maximum Gasteiger partial charge on any atom is 0.270 e. The molecule has 9 nitrogen and oxygen atoms in total. The topological polar surface area (TPSA) is 119 Å². The lowest BCUT2D eigenvalue weighted by Crippen LogP contribution is -2.43. The van der Waals surface area contributed by atoms with Crippen LogP contribution >= 0.6 is 0 Å². The Morgan fingerprint density at radius 2 is 2.04 bits per heavy atom. The molecule has 1 fully saturated rings. The molecule has 0 unspecified atom stereocenters. The van der Waals surface area contributed by atoms with Crippen LogP contribution in [0.15, 0.2) is 18.2 Å². The first-order valence-corrected chi connectivity index (χ1v) is 9.18. The molecule has 1 aliphatic heterocycles. The third-order valence-electron chi connectivity index (χ3n) is 3.79. The molecule has 0 saturated carbocycles. The second kappa shape index (κ2) is 7.58. The van der Waals surface area contributed by atoms with Crippen LogP contribution in [-0.4, -0.2) is 68.9 Å². The van der Waals surface area contributed by atoms with Crippen LogP contribution in [0.4, 0.5) is 5.69 Å². The second-order valence-corrected chi connectivity index (χ2v) is 7.69. The lowest BCUT2D eigenvalue weighted by Gasteiger charge is -2.26. The van der Waals surface area contributed by atoms with E-state index in [1.165, 1.54) is 25.3 Å². The number of nitrogens with one attached hydrogen (secondary N) is 1. The molecular weight excluding hydrogens is 338 g/mol. The predicted molar refractivity (Wildman–Crippen MR) is 87.1 cm³/mol. The van der Waals surface area contributed by atoms with Crippen molar-refractivity contribution in [2.24, 2.45) is 0 Å². The van der Waals surface area contributed by atoms with Gasteiger partial charge in [0.25, 0.3) is 11.6 Å². The van der Waals surface area contributed by atoms with E-state index in [9.17, 15) is 23.3 Å². The number of non-ortho nitro benzene ring substituents is 1. The zero-order valence-corrected chi connectivity index (χ0v) is 14.0. The smallest absolute Gasteiger partial charge is 0.270 e. The molecule has 1 heterocycles. The van der Waals surface area contributed by atoms with E-state index in [4.69, 9.17) is 4.74 Å². The zero-order valence-electron chi connectivity index (χ0n) is 13.2. The van der Waals surface area contributed by atoms with Crippen molar-refractivity contribution >= 4 is 21.4 Å². The van der Waals surface area contributed by atoms with Crippen LogP contribution in [0, 0.1) is 10.1 Å². The zero-order chi connectivity index (χ0) is 17.7. The van der Waals surface area contributed by atoms with Crippen molar-refractivity contribution in [3.63, 3.8) is 0 Å². The minimum atomic E-state index is -2.93. The van der Waals surface area contributed by atoms with Crippen molar-refractivity contribution in [2.75, 3.05) is 44.8 Å². The summed E-state index contributed by atoms with van der Waals surface area (Å²) in [5, 5.41) is 13.5. The molecule has 0 aliphatic carbocycles. The number of carbonyl (C=O) groups excluding carboxylic acids is 1. The average molecular weight is 357 g/mol. The number of carbonyl (C=O) groups is 1. The summed E-state index contributed by atoms with van der Waals surface area (Å²) in [6.45, 7) is 1.71. The van der Waals surface area contributed by atoms with Gasteiger partial charge in [-0.05, 0) is 6.07 Å². The van der Waals surface area contributed by atoms with Crippen molar-refractivity contribution in [3.8, 4) is 5.75 Å². The molecule has 0 bridgehead atoms. The van der Waals surface area contributed by atoms with Gasteiger partial charge in [0.05, 0.1) is 29.1 Å². The number of rotatable bonds is 6. The predicted octanol–water partition coefficient (Wildman–Crippen LogP) is 0.0636. The lowest BCUT2D eigenvalue weighted by molar-refractivity contribution is -0.384. The fourth-order valence-electron chi connectivity index (χ4n) is 2.38. The molecule has 1 aliphatic rings. The van der Waals surface area contributed by atoms with Crippen molar-refractivity contribution in [2.45, 2.75) is 0 Å². The van der Waals surface area contributed by atoms with Gasteiger partial charge in [-0.1, -0.05) is 0 Å². The lowest BCUT2D eigenvalue weighted by atomic mass is 10.1. The number of methoxy groups -OCH3 is 1. The van der Waals surface area contributed by atoms with Gasteiger partial charge in [-0.15, -0.1) is 0 Å². The molecule has 1 amide bonds. The Hall–Kier alpha value is -2.20. The summed E-state index contributed by atoms with van der Waals surface area (Å²) < 4.78 is 27.8. The molecule has 1 N–H and O–H groups in total. The van der Waals surface area contributed by atoms with Gasteiger partial charge in [0.1, 0.15) is 5.75 Å². The van der Waals surface area contributed by atoms with Gasteiger partial charge in [-0.3, -0.25) is 19.8 Å².